The van der Waals surface area contributed by atoms with E-state index in [9.17, 15) is 0 Å². The van der Waals surface area contributed by atoms with Crippen LogP contribution in [0.3, 0.4) is 0 Å². The van der Waals surface area contributed by atoms with Crippen molar-refractivity contribution in [3.63, 3.8) is 0 Å². The summed E-state index contributed by atoms with van der Waals surface area (Å²) >= 11 is 6.21. The number of rotatable bonds is 0. The Morgan fingerprint density at radius 2 is 1.47 bits per heavy atom. The average Bonchev–Trinajstić information content (AvgIpc) is 1.99. The molecule has 2 heteroatoms. The SMILES string of the molecule is CC(C)(C)c1ccc(C(C)(C)C)c(Cl)n1. The number of hydrogen-bond donors (Lipinski definition) is 0. The van der Waals surface area contributed by atoms with Crippen LogP contribution >= 0.6 is 11.6 Å². The van der Waals surface area contributed by atoms with Crippen molar-refractivity contribution >= 4 is 11.6 Å². The topological polar surface area (TPSA) is 12.9 Å². The maximum Gasteiger partial charge on any atom is 0.133 e. The molecule has 0 aliphatic carbocycles. The summed E-state index contributed by atoms with van der Waals surface area (Å²) in [5.74, 6) is 0. The van der Waals surface area contributed by atoms with Crippen LogP contribution in [0.4, 0.5) is 0 Å². The van der Waals surface area contributed by atoms with Crippen molar-refractivity contribution < 1.29 is 0 Å². The van der Waals surface area contributed by atoms with Gasteiger partial charge in [0.1, 0.15) is 5.15 Å². The fraction of sp³-hybridized carbons (Fsp3) is 0.615. The molecule has 0 atom stereocenters. The molecule has 1 nitrogen and oxygen atoms in total. The fourth-order valence-electron chi connectivity index (χ4n) is 1.41. The number of nitrogens with zero attached hydrogens (tertiary/aromatic N) is 1. The lowest BCUT2D eigenvalue weighted by atomic mass is 9.86. The van der Waals surface area contributed by atoms with Crippen LogP contribution in [-0.4, -0.2) is 4.98 Å². The van der Waals surface area contributed by atoms with E-state index in [1.807, 2.05) is 0 Å². The van der Waals surface area contributed by atoms with Gasteiger partial charge < -0.3 is 0 Å². The molecule has 0 fully saturated rings. The third kappa shape index (κ3) is 2.94. The molecule has 1 rings (SSSR count). The number of hydrogen-bond acceptors (Lipinski definition) is 1. The third-order valence-corrected chi connectivity index (χ3v) is 2.71. The average molecular weight is 226 g/mol. The molecule has 0 radical (unpaired) electrons. The molecule has 1 aromatic heterocycles. The summed E-state index contributed by atoms with van der Waals surface area (Å²) in [5.41, 5.74) is 2.26. The normalized spacial score (nSPS) is 13.0. The Labute approximate surface area is 97.9 Å². The van der Waals surface area contributed by atoms with Gasteiger partial charge in [-0.3, -0.25) is 0 Å². The molecule has 0 saturated heterocycles. The Balaban J connectivity index is 3.21. The first kappa shape index (κ1) is 12.5. The first-order chi connectivity index (χ1) is 6.62. The minimum absolute atomic E-state index is 0.0556. The summed E-state index contributed by atoms with van der Waals surface area (Å²) in [6, 6.07) is 4.17. The van der Waals surface area contributed by atoms with Crippen molar-refractivity contribution in [2.75, 3.05) is 0 Å². The summed E-state index contributed by atoms with van der Waals surface area (Å²) < 4.78 is 0. The van der Waals surface area contributed by atoms with Crippen molar-refractivity contribution in [1.82, 2.24) is 4.98 Å². The molecular formula is C13H20ClN. The van der Waals surface area contributed by atoms with Crippen molar-refractivity contribution in [2.24, 2.45) is 0 Å². The molecule has 0 bridgehead atoms. The van der Waals surface area contributed by atoms with Crippen molar-refractivity contribution in [3.8, 4) is 0 Å². The van der Waals surface area contributed by atoms with Crippen LogP contribution in [0, 0.1) is 0 Å². The molecule has 0 spiro atoms. The van der Waals surface area contributed by atoms with E-state index in [0.29, 0.717) is 5.15 Å². The molecule has 0 aromatic carbocycles. The zero-order valence-corrected chi connectivity index (χ0v) is 11.2. The lowest BCUT2D eigenvalue weighted by Gasteiger charge is -2.23. The zero-order valence-electron chi connectivity index (χ0n) is 10.5. The van der Waals surface area contributed by atoms with Gasteiger partial charge in [-0.05, 0) is 17.0 Å². The lowest BCUT2D eigenvalue weighted by Crippen LogP contribution is -2.17. The van der Waals surface area contributed by atoms with Crippen molar-refractivity contribution in [1.29, 1.82) is 0 Å². The monoisotopic (exact) mass is 225 g/mol. The highest BCUT2D eigenvalue weighted by Crippen LogP contribution is 2.30. The van der Waals surface area contributed by atoms with E-state index >= 15 is 0 Å². The maximum atomic E-state index is 6.21. The summed E-state index contributed by atoms with van der Waals surface area (Å²) in [5, 5.41) is 0.634. The zero-order chi connectivity index (χ0) is 11.9. The van der Waals surface area contributed by atoms with E-state index in [4.69, 9.17) is 11.6 Å². The summed E-state index contributed by atoms with van der Waals surface area (Å²) in [6.07, 6.45) is 0. The fourth-order valence-corrected chi connectivity index (χ4v) is 1.85. The van der Waals surface area contributed by atoms with Gasteiger partial charge in [0.25, 0.3) is 0 Å². The minimum atomic E-state index is 0.0556. The molecular weight excluding hydrogens is 206 g/mol. The highest BCUT2D eigenvalue weighted by molar-refractivity contribution is 6.30. The van der Waals surface area contributed by atoms with E-state index < -0.39 is 0 Å². The Morgan fingerprint density at radius 1 is 0.933 bits per heavy atom. The first-order valence-corrected chi connectivity index (χ1v) is 5.67. The number of pyridine rings is 1. The van der Waals surface area contributed by atoms with E-state index in [1.54, 1.807) is 0 Å². The molecule has 0 aliphatic heterocycles. The van der Waals surface area contributed by atoms with Crippen molar-refractivity contribution in [2.45, 2.75) is 52.4 Å². The van der Waals surface area contributed by atoms with E-state index in [1.165, 1.54) is 0 Å². The second kappa shape index (κ2) is 3.79. The highest BCUT2D eigenvalue weighted by atomic mass is 35.5. The van der Waals surface area contributed by atoms with Gasteiger partial charge in [0.05, 0.1) is 0 Å². The maximum absolute atomic E-state index is 6.21. The third-order valence-electron chi connectivity index (χ3n) is 2.43. The molecule has 15 heavy (non-hydrogen) atoms. The van der Waals surface area contributed by atoms with Crippen LogP contribution in [-0.2, 0) is 10.8 Å². The van der Waals surface area contributed by atoms with Gasteiger partial charge in [-0.25, -0.2) is 4.98 Å². The second-order valence-electron chi connectivity index (χ2n) is 6.03. The molecule has 1 aromatic rings. The highest BCUT2D eigenvalue weighted by Gasteiger charge is 2.21. The van der Waals surface area contributed by atoms with Crippen LogP contribution < -0.4 is 0 Å². The molecule has 1 heterocycles. The second-order valence-corrected chi connectivity index (χ2v) is 6.39. The van der Waals surface area contributed by atoms with Gasteiger partial charge >= 0.3 is 0 Å². The predicted octanol–water partition coefficient (Wildman–Crippen LogP) is 4.33. The largest absolute Gasteiger partial charge is 0.240 e. The van der Waals surface area contributed by atoms with Crippen LogP contribution in [0.2, 0.25) is 5.15 Å². The summed E-state index contributed by atoms with van der Waals surface area (Å²) in [6.45, 7) is 12.9. The van der Waals surface area contributed by atoms with E-state index in [0.717, 1.165) is 11.3 Å². The Hall–Kier alpha value is -0.560. The van der Waals surface area contributed by atoms with Gasteiger partial charge in [-0.1, -0.05) is 59.2 Å². The lowest BCUT2D eigenvalue weighted by molar-refractivity contribution is 0.557. The quantitative estimate of drug-likeness (QED) is 0.599. The number of halogens is 1. The smallest absolute Gasteiger partial charge is 0.133 e. The Morgan fingerprint density at radius 3 is 1.80 bits per heavy atom. The Bertz CT molecular complexity index is 356. The van der Waals surface area contributed by atoms with E-state index in [-0.39, 0.29) is 10.8 Å². The van der Waals surface area contributed by atoms with E-state index in [2.05, 4.69) is 58.7 Å². The van der Waals surface area contributed by atoms with Crippen LogP contribution in [0.25, 0.3) is 0 Å². The van der Waals surface area contributed by atoms with Gasteiger partial charge in [0.15, 0.2) is 0 Å². The predicted molar refractivity (Wildman–Crippen MR) is 66.6 cm³/mol. The molecule has 0 aliphatic rings. The molecule has 0 unspecified atom stereocenters. The van der Waals surface area contributed by atoms with Gasteiger partial charge in [-0.2, -0.15) is 0 Å². The standard InChI is InChI=1S/C13H20ClN/c1-12(2,3)9-7-8-10(13(4,5)6)15-11(9)14/h7-8H,1-6H3. The van der Waals surface area contributed by atoms with Gasteiger partial charge in [0, 0.05) is 11.1 Å². The van der Waals surface area contributed by atoms with Crippen LogP contribution in [0.15, 0.2) is 12.1 Å². The molecule has 0 saturated carbocycles. The van der Waals surface area contributed by atoms with Crippen molar-refractivity contribution in [3.05, 3.63) is 28.5 Å². The summed E-state index contributed by atoms with van der Waals surface area (Å²) in [4.78, 5) is 4.48. The molecule has 0 N–H and O–H groups in total. The Kier molecular flexibility index (Phi) is 3.16. The first-order valence-electron chi connectivity index (χ1n) is 5.30. The van der Waals surface area contributed by atoms with Gasteiger partial charge in [-0.15, -0.1) is 0 Å². The summed E-state index contributed by atoms with van der Waals surface area (Å²) in [7, 11) is 0. The molecule has 0 amide bonds. The van der Waals surface area contributed by atoms with Crippen LogP contribution in [0.5, 0.6) is 0 Å². The minimum Gasteiger partial charge on any atom is -0.240 e. The van der Waals surface area contributed by atoms with Crippen LogP contribution in [0.1, 0.15) is 52.8 Å². The molecule has 84 valence electrons. The number of aromatic nitrogens is 1. The van der Waals surface area contributed by atoms with Gasteiger partial charge in [0.2, 0.25) is 0 Å².